The lowest BCUT2D eigenvalue weighted by molar-refractivity contribution is 0.256. The van der Waals surface area contributed by atoms with Gasteiger partial charge in [-0.05, 0) is 56.3 Å². The van der Waals surface area contributed by atoms with E-state index in [1.54, 1.807) is 6.07 Å². The standard InChI is InChI=1S/C16H25NO2/c1-3-9-17(10-4-2)11-12-5-6-14-13(12)7-8-15(18)16(14)19/h7-8,12,18-19H,3-6,9-11H2,1-2H3/t12-/m0/s1. The average Bonchev–Trinajstić information content (AvgIpc) is 2.78. The molecule has 3 nitrogen and oxygen atoms in total. The highest BCUT2D eigenvalue weighted by atomic mass is 16.3. The summed E-state index contributed by atoms with van der Waals surface area (Å²) in [5, 5.41) is 19.5. The number of hydrogen-bond acceptors (Lipinski definition) is 3. The predicted octanol–water partition coefficient (Wildman–Crippen LogP) is 3.25. The van der Waals surface area contributed by atoms with Gasteiger partial charge in [-0.1, -0.05) is 19.9 Å². The summed E-state index contributed by atoms with van der Waals surface area (Å²) in [5.41, 5.74) is 2.19. The molecule has 0 saturated carbocycles. The van der Waals surface area contributed by atoms with Crippen LogP contribution in [0, 0.1) is 0 Å². The lowest BCUT2D eigenvalue weighted by atomic mass is 10.00. The second kappa shape index (κ2) is 6.29. The lowest BCUT2D eigenvalue weighted by Crippen LogP contribution is -2.29. The van der Waals surface area contributed by atoms with E-state index >= 15 is 0 Å². The van der Waals surface area contributed by atoms with Crippen LogP contribution in [0.25, 0.3) is 0 Å². The Hall–Kier alpha value is -1.22. The first kappa shape index (κ1) is 14.2. The maximum absolute atomic E-state index is 9.91. The second-order valence-corrected chi connectivity index (χ2v) is 5.54. The van der Waals surface area contributed by atoms with Crippen molar-refractivity contribution in [2.24, 2.45) is 0 Å². The summed E-state index contributed by atoms with van der Waals surface area (Å²) in [4.78, 5) is 2.52. The highest BCUT2D eigenvalue weighted by Crippen LogP contribution is 2.42. The van der Waals surface area contributed by atoms with E-state index in [1.165, 1.54) is 18.4 Å². The van der Waals surface area contributed by atoms with Gasteiger partial charge in [-0.15, -0.1) is 0 Å². The molecule has 106 valence electrons. The maximum Gasteiger partial charge on any atom is 0.160 e. The van der Waals surface area contributed by atoms with Gasteiger partial charge in [-0.25, -0.2) is 0 Å². The van der Waals surface area contributed by atoms with Gasteiger partial charge in [0.25, 0.3) is 0 Å². The SMILES string of the molecule is CCCN(CCC)C[C@@H]1CCc2c1ccc(O)c2O. The Bertz CT molecular complexity index is 425. The lowest BCUT2D eigenvalue weighted by Gasteiger charge is -2.25. The van der Waals surface area contributed by atoms with Crippen LogP contribution in [0.3, 0.4) is 0 Å². The summed E-state index contributed by atoms with van der Waals surface area (Å²) in [6.45, 7) is 7.79. The first-order chi connectivity index (χ1) is 9.17. The van der Waals surface area contributed by atoms with Gasteiger partial charge in [0, 0.05) is 12.1 Å². The van der Waals surface area contributed by atoms with Gasteiger partial charge in [0.1, 0.15) is 0 Å². The molecule has 2 N–H and O–H groups in total. The van der Waals surface area contributed by atoms with Crippen molar-refractivity contribution in [2.45, 2.75) is 45.4 Å². The van der Waals surface area contributed by atoms with Gasteiger partial charge in [0.05, 0.1) is 0 Å². The monoisotopic (exact) mass is 263 g/mol. The van der Waals surface area contributed by atoms with Crippen LogP contribution in [0.15, 0.2) is 12.1 Å². The van der Waals surface area contributed by atoms with Crippen LogP contribution < -0.4 is 0 Å². The Morgan fingerprint density at radius 1 is 1.16 bits per heavy atom. The molecule has 0 aliphatic heterocycles. The fraction of sp³-hybridized carbons (Fsp3) is 0.625. The second-order valence-electron chi connectivity index (χ2n) is 5.54. The Balaban J connectivity index is 2.11. The average molecular weight is 263 g/mol. The molecular formula is C16H25NO2. The van der Waals surface area contributed by atoms with E-state index in [1.807, 2.05) is 6.07 Å². The Morgan fingerprint density at radius 2 is 1.84 bits per heavy atom. The van der Waals surface area contributed by atoms with Gasteiger partial charge in [0.2, 0.25) is 0 Å². The number of phenolic OH excluding ortho intramolecular Hbond substituents is 2. The van der Waals surface area contributed by atoms with Gasteiger partial charge in [0.15, 0.2) is 11.5 Å². The van der Waals surface area contributed by atoms with Crippen LogP contribution in [-0.2, 0) is 6.42 Å². The molecule has 0 amide bonds. The maximum atomic E-state index is 9.91. The fourth-order valence-corrected chi connectivity index (χ4v) is 3.19. The molecule has 0 radical (unpaired) electrons. The van der Waals surface area contributed by atoms with Crippen molar-refractivity contribution in [2.75, 3.05) is 19.6 Å². The zero-order chi connectivity index (χ0) is 13.8. The van der Waals surface area contributed by atoms with Crippen molar-refractivity contribution in [1.82, 2.24) is 4.90 Å². The molecule has 0 saturated heterocycles. The highest BCUT2D eigenvalue weighted by Gasteiger charge is 2.27. The zero-order valence-corrected chi connectivity index (χ0v) is 12.0. The number of fused-ring (bicyclic) bond motifs is 1. The largest absolute Gasteiger partial charge is 0.504 e. The Morgan fingerprint density at radius 3 is 2.47 bits per heavy atom. The Kier molecular flexibility index (Phi) is 4.70. The molecule has 19 heavy (non-hydrogen) atoms. The third-order valence-corrected chi connectivity index (χ3v) is 4.04. The predicted molar refractivity (Wildman–Crippen MR) is 77.9 cm³/mol. The molecule has 1 aromatic rings. The summed E-state index contributed by atoms with van der Waals surface area (Å²) in [5.74, 6) is 0.607. The number of hydrogen-bond donors (Lipinski definition) is 2. The number of aromatic hydroxyl groups is 2. The van der Waals surface area contributed by atoms with E-state index in [0.29, 0.717) is 5.92 Å². The quantitative estimate of drug-likeness (QED) is 0.774. The number of rotatable bonds is 6. The molecule has 0 unspecified atom stereocenters. The molecule has 2 rings (SSSR count). The summed E-state index contributed by atoms with van der Waals surface area (Å²) >= 11 is 0. The van der Waals surface area contributed by atoms with E-state index in [4.69, 9.17) is 0 Å². The van der Waals surface area contributed by atoms with E-state index in [0.717, 1.165) is 38.0 Å². The van der Waals surface area contributed by atoms with Crippen molar-refractivity contribution in [3.63, 3.8) is 0 Å². The minimum absolute atomic E-state index is 0.0124. The van der Waals surface area contributed by atoms with Crippen LogP contribution in [-0.4, -0.2) is 34.7 Å². The molecule has 0 heterocycles. The van der Waals surface area contributed by atoms with Gasteiger partial charge < -0.3 is 15.1 Å². The van der Waals surface area contributed by atoms with Gasteiger partial charge in [-0.3, -0.25) is 0 Å². The van der Waals surface area contributed by atoms with E-state index in [2.05, 4.69) is 18.7 Å². The minimum atomic E-state index is 0.0124. The number of nitrogens with zero attached hydrogens (tertiary/aromatic N) is 1. The van der Waals surface area contributed by atoms with Crippen LogP contribution in [0.4, 0.5) is 0 Å². The first-order valence-electron chi connectivity index (χ1n) is 7.43. The molecule has 3 heteroatoms. The summed E-state index contributed by atoms with van der Waals surface area (Å²) in [7, 11) is 0. The third kappa shape index (κ3) is 3.03. The summed E-state index contributed by atoms with van der Waals surface area (Å²) in [6, 6.07) is 3.61. The number of phenols is 2. The molecule has 0 aromatic heterocycles. The van der Waals surface area contributed by atoms with Crippen LogP contribution in [0.2, 0.25) is 0 Å². The molecule has 0 spiro atoms. The minimum Gasteiger partial charge on any atom is -0.504 e. The summed E-state index contributed by atoms with van der Waals surface area (Å²) < 4.78 is 0. The van der Waals surface area contributed by atoms with E-state index < -0.39 is 0 Å². The van der Waals surface area contributed by atoms with Crippen LogP contribution in [0.1, 0.15) is 50.2 Å². The van der Waals surface area contributed by atoms with Crippen molar-refractivity contribution in [3.8, 4) is 11.5 Å². The normalized spacial score (nSPS) is 17.9. The first-order valence-corrected chi connectivity index (χ1v) is 7.43. The summed E-state index contributed by atoms with van der Waals surface area (Å²) in [6.07, 6.45) is 4.32. The molecule has 0 fully saturated rings. The molecule has 1 atom stereocenters. The van der Waals surface area contributed by atoms with Crippen LogP contribution in [0.5, 0.6) is 11.5 Å². The van der Waals surface area contributed by atoms with Crippen molar-refractivity contribution < 1.29 is 10.2 Å². The third-order valence-electron chi connectivity index (χ3n) is 4.04. The van der Waals surface area contributed by atoms with Gasteiger partial charge >= 0.3 is 0 Å². The van der Waals surface area contributed by atoms with Crippen LogP contribution >= 0.6 is 0 Å². The van der Waals surface area contributed by atoms with Crippen molar-refractivity contribution in [3.05, 3.63) is 23.3 Å². The van der Waals surface area contributed by atoms with E-state index in [9.17, 15) is 10.2 Å². The fourth-order valence-electron chi connectivity index (χ4n) is 3.19. The van der Waals surface area contributed by atoms with Crippen molar-refractivity contribution in [1.29, 1.82) is 0 Å². The number of benzene rings is 1. The smallest absolute Gasteiger partial charge is 0.160 e. The topological polar surface area (TPSA) is 43.7 Å². The molecule has 0 bridgehead atoms. The van der Waals surface area contributed by atoms with E-state index in [-0.39, 0.29) is 11.5 Å². The highest BCUT2D eigenvalue weighted by molar-refractivity contribution is 5.52. The zero-order valence-electron chi connectivity index (χ0n) is 12.0. The molecule has 1 aliphatic rings. The van der Waals surface area contributed by atoms with Crippen molar-refractivity contribution >= 4 is 0 Å². The molecule has 1 aromatic carbocycles. The molecular weight excluding hydrogens is 238 g/mol. The Labute approximate surface area is 115 Å². The van der Waals surface area contributed by atoms with Gasteiger partial charge in [-0.2, -0.15) is 0 Å². The molecule has 1 aliphatic carbocycles.